The van der Waals surface area contributed by atoms with Gasteiger partial charge >= 0.3 is 6.03 Å². The van der Waals surface area contributed by atoms with E-state index in [-0.39, 0.29) is 44.7 Å². The molecule has 0 aliphatic carbocycles. The van der Waals surface area contributed by atoms with Gasteiger partial charge in [0.05, 0.1) is 22.3 Å². The summed E-state index contributed by atoms with van der Waals surface area (Å²) in [6.07, 6.45) is 1.16. The lowest BCUT2D eigenvalue weighted by Crippen LogP contribution is -2.51. The van der Waals surface area contributed by atoms with Gasteiger partial charge in [0.2, 0.25) is 0 Å². The van der Waals surface area contributed by atoms with Crippen LogP contribution < -0.4 is 15.5 Å². The number of nitrogens with one attached hydrogen (secondary N) is 2. The number of rotatable bonds is 8. The van der Waals surface area contributed by atoms with E-state index < -0.39 is 36.8 Å². The molecule has 2 N–H and O–H groups in total. The Morgan fingerprint density at radius 2 is 1.79 bits per heavy atom. The summed E-state index contributed by atoms with van der Waals surface area (Å²) in [7, 11) is 0. The molecular weight excluding hydrogens is 548 g/mol. The number of nitrogens with zero attached hydrogens (tertiary/aromatic N) is 4. The first kappa shape index (κ1) is 28.9. The van der Waals surface area contributed by atoms with E-state index in [0.29, 0.717) is 5.82 Å². The van der Waals surface area contributed by atoms with Crippen molar-refractivity contribution >= 4 is 35.1 Å². The predicted molar refractivity (Wildman–Crippen MR) is 135 cm³/mol. The van der Waals surface area contributed by atoms with E-state index in [0.717, 1.165) is 11.1 Å². The van der Waals surface area contributed by atoms with Crippen LogP contribution in [0.5, 0.6) is 5.75 Å². The average molecular weight is 571 g/mol. The highest BCUT2D eigenvalue weighted by Gasteiger charge is 2.22. The summed E-state index contributed by atoms with van der Waals surface area (Å²) in [5.41, 5.74) is 2.81. The predicted octanol–water partition coefficient (Wildman–Crippen LogP) is 5.37. The summed E-state index contributed by atoms with van der Waals surface area (Å²) in [6, 6.07) is 2.17. The second-order valence-corrected chi connectivity index (χ2v) is 8.78. The van der Waals surface area contributed by atoms with Crippen LogP contribution in [-0.4, -0.2) is 51.5 Å². The zero-order valence-electron chi connectivity index (χ0n) is 20.4. The van der Waals surface area contributed by atoms with Crippen molar-refractivity contribution in [1.82, 2.24) is 30.7 Å². The number of benzene rings is 1. The highest BCUT2D eigenvalue weighted by atomic mass is 35.5. The number of halogens is 5. The minimum Gasteiger partial charge on any atom is -0.485 e. The zero-order valence-corrected chi connectivity index (χ0v) is 21.9. The number of ether oxygens (including phenoxy) is 1. The molecule has 2 aromatic heterocycles. The Labute approximate surface area is 226 Å². The third kappa shape index (κ3) is 7.23. The van der Waals surface area contributed by atoms with Crippen molar-refractivity contribution in [2.24, 2.45) is 0 Å². The summed E-state index contributed by atoms with van der Waals surface area (Å²) in [6.45, 7) is 3.97. The summed E-state index contributed by atoms with van der Waals surface area (Å²) < 4.78 is 45.6. The Balaban J connectivity index is 1.76. The highest BCUT2D eigenvalue weighted by molar-refractivity contribution is 6.36. The molecule has 9 nitrogen and oxygen atoms in total. The fourth-order valence-corrected chi connectivity index (χ4v) is 3.83. The SMILES string of the molecule is CCN(NC(=O)c1cnc(C)nc1)C(=O)N[C@H](C)c1ncc(-c2cc(Cl)cc(Cl)c2OCC(F)F)cc1F. The molecule has 202 valence electrons. The monoisotopic (exact) mass is 570 g/mol. The Morgan fingerprint density at radius 1 is 1.11 bits per heavy atom. The maximum Gasteiger partial charge on any atom is 0.336 e. The number of amides is 3. The van der Waals surface area contributed by atoms with Crippen LogP contribution in [0.4, 0.5) is 18.0 Å². The molecular formula is C24H23Cl2F3N6O3. The molecule has 0 radical (unpaired) electrons. The molecule has 1 atom stereocenters. The van der Waals surface area contributed by atoms with Crippen LogP contribution in [0, 0.1) is 12.7 Å². The first-order valence-electron chi connectivity index (χ1n) is 11.2. The van der Waals surface area contributed by atoms with Gasteiger partial charge in [-0.15, -0.1) is 0 Å². The summed E-state index contributed by atoms with van der Waals surface area (Å²) in [4.78, 5) is 37.1. The average Bonchev–Trinajstić information content (AvgIpc) is 2.86. The molecule has 0 unspecified atom stereocenters. The molecule has 3 aromatic rings. The van der Waals surface area contributed by atoms with E-state index >= 15 is 4.39 Å². The second-order valence-electron chi connectivity index (χ2n) is 7.93. The van der Waals surface area contributed by atoms with E-state index in [2.05, 4.69) is 25.7 Å². The van der Waals surface area contributed by atoms with E-state index in [1.807, 2.05) is 0 Å². The molecule has 3 amide bonds. The van der Waals surface area contributed by atoms with E-state index in [1.54, 1.807) is 13.8 Å². The minimum atomic E-state index is -2.76. The number of carbonyl (C=O) groups is 2. The maximum atomic E-state index is 15.1. The van der Waals surface area contributed by atoms with Crippen molar-refractivity contribution < 1.29 is 27.5 Å². The first-order valence-corrected chi connectivity index (χ1v) is 12.0. The van der Waals surface area contributed by atoms with Gasteiger partial charge < -0.3 is 10.1 Å². The minimum absolute atomic E-state index is 0.0304. The molecule has 2 heterocycles. The van der Waals surface area contributed by atoms with Gasteiger partial charge in [0, 0.05) is 41.3 Å². The Kier molecular flexibility index (Phi) is 9.70. The van der Waals surface area contributed by atoms with Crippen LogP contribution >= 0.6 is 23.2 Å². The number of hydrogen-bond donors (Lipinski definition) is 2. The van der Waals surface area contributed by atoms with Gasteiger partial charge in [0.15, 0.2) is 0 Å². The highest BCUT2D eigenvalue weighted by Crippen LogP contribution is 2.39. The van der Waals surface area contributed by atoms with Gasteiger partial charge in [0.25, 0.3) is 12.3 Å². The van der Waals surface area contributed by atoms with E-state index in [1.165, 1.54) is 37.6 Å². The molecule has 38 heavy (non-hydrogen) atoms. The molecule has 0 saturated carbocycles. The molecule has 0 spiro atoms. The van der Waals surface area contributed by atoms with Crippen LogP contribution in [0.1, 0.15) is 41.8 Å². The van der Waals surface area contributed by atoms with E-state index in [4.69, 9.17) is 27.9 Å². The molecule has 0 bridgehead atoms. The summed E-state index contributed by atoms with van der Waals surface area (Å²) >= 11 is 12.2. The third-order valence-electron chi connectivity index (χ3n) is 5.13. The van der Waals surface area contributed by atoms with Crippen LogP contribution in [-0.2, 0) is 0 Å². The number of hydrazine groups is 1. The van der Waals surface area contributed by atoms with Crippen molar-refractivity contribution in [3.8, 4) is 16.9 Å². The molecule has 0 saturated heterocycles. The van der Waals surface area contributed by atoms with Crippen LogP contribution in [0.25, 0.3) is 11.1 Å². The van der Waals surface area contributed by atoms with Gasteiger partial charge in [-0.2, -0.15) is 0 Å². The van der Waals surface area contributed by atoms with Crippen LogP contribution in [0.15, 0.2) is 36.8 Å². The van der Waals surface area contributed by atoms with Crippen molar-refractivity contribution in [2.75, 3.05) is 13.2 Å². The van der Waals surface area contributed by atoms with Gasteiger partial charge in [-0.05, 0) is 39.0 Å². The van der Waals surface area contributed by atoms with Gasteiger partial charge in [0.1, 0.15) is 24.0 Å². The number of pyridine rings is 1. The fraction of sp³-hybridized carbons (Fsp3) is 0.292. The summed E-state index contributed by atoms with van der Waals surface area (Å²) in [5.74, 6) is -1.01. The standard InChI is InChI=1S/C24H23Cl2F3N6O3/c1-4-35(34-23(36)15-9-30-13(3)31-10-15)24(37)33-12(2)21-19(27)5-14(8-32-21)17-6-16(25)7-18(26)22(17)38-11-20(28)29/h5-10,12,20H,4,11H2,1-3H3,(H,33,37)(H,34,36)/t12-/m1/s1. The third-order valence-corrected chi connectivity index (χ3v) is 5.63. The Morgan fingerprint density at radius 3 is 2.39 bits per heavy atom. The van der Waals surface area contributed by atoms with Gasteiger partial charge in [-0.25, -0.2) is 32.9 Å². The molecule has 0 aliphatic rings. The summed E-state index contributed by atoms with van der Waals surface area (Å²) in [5, 5.41) is 3.72. The molecule has 3 rings (SSSR count). The van der Waals surface area contributed by atoms with Gasteiger partial charge in [-0.3, -0.25) is 15.2 Å². The molecule has 14 heteroatoms. The van der Waals surface area contributed by atoms with Crippen LogP contribution in [0.3, 0.4) is 0 Å². The van der Waals surface area contributed by atoms with Crippen LogP contribution in [0.2, 0.25) is 10.0 Å². The largest absolute Gasteiger partial charge is 0.485 e. The maximum absolute atomic E-state index is 15.1. The lowest BCUT2D eigenvalue weighted by atomic mass is 10.0. The lowest BCUT2D eigenvalue weighted by Gasteiger charge is -2.24. The fourth-order valence-electron chi connectivity index (χ4n) is 3.28. The topological polar surface area (TPSA) is 109 Å². The molecule has 1 aromatic carbocycles. The Hall–Kier alpha value is -3.64. The van der Waals surface area contributed by atoms with Crippen molar-refractivity contribution in [1.29, 1.82) is 0 Å². The number of aromatic nitrogens is 3. The van der Waals surface area contributed by atoms with Crippen molar-refractivity contribution in [2.45, 2.75) is 33.2 Å². The quantitative estimate of drug-likeness (QED) is 0.352. The van der Waals surface area contributed by atoms with E-state index in [9.17, 15) is 18.4 Å². The van der Waals surface area contributed by atoms with Crippen molar-refractivity contribution in [3.05, 3.63) is 69.7 Å². The van der Waals surface area contributed by atoms with Gasteiger partial charge in [-0.1, -0.05) is 23.2 Å². The smallest absolute Gasteiger partial charge is 0.336 e. The molecule has 0 aliphatic heterocycles. The van der Waals surface area contributed by atoms with Crippen molar-refractivity contribution in [3.63, 3.8) is 0 Å². The lowest BCUT2D eigenvalue weighted by molar-refractivity contribution is 0.0821. The number of alkyl halides is 2. The number of urea groups is 1. The normalized spacial score (nSPS) is 11.7. The number of carbonyl (C=O) groups excluding carboxylic acids is 2. The molecule has 0 fully saturated rings. The number of hydrogen-bond acceptors (Lipinski definition) is 6. The zero-order chi connectivity index (χ0) is 28.0. The number of aryl methyl sites for hydroxylation is 1. The first-order chi connectivity index (χ1) is 18.0. The second kappa shape index (κ2) is 12.7. The Bertz CT molecular complexity index is 1310.